The van der Waals surface area contributed by atoms with Crippen LogP contribution in [0.2, 0.25) is 0 Å². The van der Waals surface area contributed by atoms with E-state index in [0.717, 1.165) is 80.3 Å². The summed E-state index contributed by atoms with van der Waals surface area (Å²) in [6.07, 6.45) is 13.4. The minimum atomic E-state index is -0.153. The van der Waals surface area contributed by atoms with Crippen LogP contribution in [0.25, 0.3) is 10.9 Å². The summed E-state index contributed by atoms with van der Waals surface area (Å²) in [7, 11) is 0. The lowest BCUT2D eigenvalue weighted by Gasteiger charge is -2.56. The van der Waals surface area contributed by atoms with Crippen LogP contribution in [-0.2, 0) is 13.0 Å². The number of hydrogen-bond acceptors (Lipinski definition) is 2. The zero-order valence-corrected chi connectivity index (χ0v) is 19.1. The highest BCUT2D eigenvalue weighted by Gasteiger charge is 2.51. The van der Waals surface area contributed by atoms with E-state index >= 15 is 0 Å². The Morgan fingerprint density at radius 2 is 1.74 bits per heavy atom. The molecule has 2 aromatic rings. The highest BCUT2D eigenvalue weighted by Crippen LogP contribution is 2.55. The van der Waals surface area contributed by atoms with Crippen molar-refractivity contribution in [1.29, 1.82) is 0 Å². The fourth-order valence-corrected chi connectivity index (χ4v) is 7.12. The number of benzene rings is 1. The summed E-state index contributed by atoms with van der Waals surface area (Å²) in [4.78, 5) is 26.9. The summed E-state index contributed by atoms with van der Waals surface area (Å²) in [6.45, 7) is 5.14. The Hall–Kier alpha value is -2.10. The molecular weight excluding hydrogens is 384 g/mol. The first-order valence-corrected chi connectivity index (χ1v) is 12.5. The second-order valence-electron chi connectivity index (χ2n) is 10.6. The largest absolute Gasteiger partial charge is 0.346 e. The smallest absolute Gasteiger partial charge is 0.257 e. The number of pyridine rings is 1. The molecule has 0 unspecified atom stereocenters. The second kappa shape index (κ2) is 8.11. The van der Waals surface area contributed by atoms with Gasteiger partial charge in [0.05, 0.1) is 5.52 Å². The van der Waals surface area contributed by atoms with Crippen molar-refractivity contribution in [1.82, 2.24) is 9.88 Å². The monoisotopic (exact) mass is 420 g/mol. The van der Waals surface area contributed by atoms with Crippen LogP contribution in [0.5, 0.6) is 0 Å². The van der Waals surface area contributed by atoms with E-state index in [0.29, 0.717) is 10.9 Å². The third-order valence-corrected chi connectivity index (χ3v) is 8.22. The Bertz CT molecular complexity index is 1020. The molecule has 4 heteroatoms. The first kappa shape index (κ1) is 20.8. The lowest BCUT2D eigenvalue weighted by atomic mass is 9.53. The summed E-state index contributed by atoms with van der Waals surface area (Å²) in [5, 5.41) is 4.11. The average molecular weight is 421 g/mol. The number of carbonyl (C=O) groups is 1. The van der Waals surface area contributed by atoms with Crippen molar-refractivity contribution < 1.29 is 4.79 Å². The summed E-state index contributed by atoms with van der Waals surface area (Å²) < 4.78 is 2.14. The van der Waals surface area contributed by atoms with E-state index in [2.05, 4.69) is 35.9 Å². The van der Waals surface area contributed by atoms with Crippen molar-refractivity contribution in [2.45, 2.75) is 90.1 Å². The van der Waals surface area contributed by atoms with Gasteiger partial charge in [0.25, 0.3) is 5.91 Å². The maximum absolute atomic E-state index is 13.5. The molecule has 1 amide bonds. The molecule has 6 rings (SSSR count). The molecule has 1 N–H and O–H groups in total. The van der Waals surface area contributed by atoms with Gasteiger partial charge in [-0.2, -0.15) is 0 Å². The quantitative estimate of drug-likeness (QED) is 0.605. The normalized spacial score (nSPS) is 28.9. The lowest BCUT2D eigenvalue weighted by Crippen LogP contribution is -2.60. The van der Waals surface area contributed by atoms with E-state index in [9.17, 15) is 9.59 Å². The van der Waals surface area contributed by atoms with Crippen LogP contribution < -0.4 is 10.7 Å². The molecule has 4 aliphatic carbocycles. The van der Waals surface area contributed by atoms with Gasteiger partial charge in [0.1, 0.15) is 5.56 Å². The van der Waals surface area contributed by atoms with E-state index < -0.39 is 0 Å². The third-order valence-electron chi connectivity index (χ3n) is 8.22. The van der Waals surface area contributed by atoms with Crippen molar-refractivity contribution in [3.63, 3.8) is 0 Å². The number of hydrogen-bond donors (Lipinski definition) is 1. The third kappa shape index (κ3) is 3.83. The van der Waals surface area contributed by atoms with Crippen molar-refractivity contribution in [2.24, 2.45) is 17.8 Å². The highest BCUT2D eigenvalue weighted by atomic mass is 16.2. The summed E-state index contributed by atoms with van der Waals surface area (Å²) >= 11 is 0. The van der Waals surface area contributed by atoms with Crippen LogP contribution in [0.3, 0.4) is 0 Å². The van der Waals surface area contributed by atoms with Crippen LogP contribution in [0.4, 0.5) is 0 Å². The number of nitrogens with one attached hydrogen (secondary N) is 1. The minimum Gasteiger partial charge on any atom is -0.346 e. The Kier molecular flexibility index (Phi) is 5.44. The molecule has 0 radical (unpaired) electrons. The molecule has 0 aliphatic heterocycles. The number of aryl methyl sites for hydroxylation is 2. The molecule has 0 saturated heterocycles. The molecule has 4 aliphatic rings. The first-order valence-electron chi connectivity index (χ1n) is 12.5. The number of unbranched alkanes of at least 4 members (excludes halogenated alkanes) is 2. The zero-order valence-electron chi connectivity index (χ0n) is 19.1. The van der Waals surface area contributed by atoms with Crippen LogP contribution in [-0.4, -0.2) is 16.0 Å². The fourth-order valence-electron chi connectivity index (χ4n) is 7.12. The molecule has 1 aromatic carbocycles. The van der Waals surface area contributed by atoms with Gasteiger partial charge in [-0.1, -0.05) is 32.8 Å². The summed E-state index contributed by atoms with van der Waals surface area (Å²) in [5.41, 5.74) is 2.23. The molecular formula is C27H36N2O2. The van der Waals surface area contributed by atoms with Crippen LogP contribution in [0.15, 0.2) is 29.2 Å². The molecule has 4 saturated carbocycles. The van der Waals surface area contributed by atoms with Gasteiger partial charge >= 0.3 is 0 Å². The van der Waals surface area contributed by atoms with Crippen LogP contribution in [0.1, 0.15) is 87.6 Å². The molecule has 4 fully saturated rings. The molecule has 166 valence electrons. The number of aromatic nitrogens is 1. The first-order chi connectivity index (χ1) is 15.0. The minimum absolute atomic E-state index is 0.0778. The Morgan fingerprint density at radius 3 is 2.35 bits per heavy atom. The van der Waals surface area contributed by atoms with E-state index in [1.54, 1.807) is 0 Å². The van der Waals surface area contributed by atoms with Crippen molar-refractivity contribution in [3.8, 4) is 0 Å². The number of amides is 1. The highest BCUT2D eigenvalue weighted by molar-refractivity contribution is 5.97. The SMILES string of the molecule is CCCCCn1cc(C(=O)NC23CC4CC(CC(C4)C2)C3)c(=O)c2cc(CC)ccc21. The number of carbonyl (C=O) groups excluding carboxylic acids is 1. The molecule has 4 nitrogen and oxygen atoms in total. The van der Waals surface area contributed by atoms with Crippen molar-refractivity contribution in [2.75, 3.05) is 0 Å². The Balaban J connectivity index is 1.50. The fraction of sp³-hybridized carbons (Fsp3) is 0.630. The second-order valence-corrected chi connectivity index (χ2v) is 10.6. The number of rotatable bonds is 7. The van der Waals surface area contributed by atoms with Crippen LogP contribution >= 0.6 is 0 Å². The van der Waals surface area contributed by atoms with E-state index in [1.807, 2.05) is 12.3 Å². The van der Waals surface area contributed by atoms with Gasteiger partial charge < -0.3 is 9.88 Å². The Labute approximate surface area is 185 Å². The van der Waals surface area contributed by atoms with Crippen molar-refractivity contribution in [3.05, 3.63) is 45.7 Å². The number of nitrogens with zero attached hydrogens (tertiary/aromatic N) is 1. The van der Waals surface area contributed by atoms with E-state index in [4.69, 9.17) is 0 Å². The van der Waals surface area contributed by atoms with Crippen molar-refractivity contribution >= 4 is 16.8 Å². The molecule has 31 heavy (non-hydrogen) atoms. The van der Waals surface area contributed by atoms with Gasteiger partial charge in [0, 0.05) is 23.7 Å². The maximum atomic E-state index is 13.5. The van der Waals surface area contributed by atoms with E-state index in [1.165, 1.54) is 19.3 Å². The van der Waals surface area contributed by atoms with Gasteiger partial charge in [-0.15, -0.1) is 0 Å². The van der Waals surface area contributed by atoms with Gasteiger partial charge in [-0.25, -0.2) is 0 Å². The van der Waals surface area contributed by atoms with Gasteiger partial charge in [-0.3, -0.25) is 9.59 Å². The van der Waals surface area contributed by atoms with E-state index in [-0.39, 0.29) is 16.9 Å². The topological polar surface area (TPSA) is 51.1 Å². The van der Waals surface area contributed by atoms with Gasteiger partial charge in [0.2, 0.25) is 5.43 Å². The van der Waals surface area contributed by atoms with Gasteiger partial charge in [-0.05, 0) is 86.8 Å². The zero-order chi connectivity index (χ0) is 21.6. The number of fused-ring (bicyclic) bond motifs is 1. The molecule has 0 atom stereocenters. The average Bonchev–Trinajstić information content (AvgIpc) is 2.73. The predicted octanol–water partition coefficient (Wildman–Crippen LogP) is 5.45. The molecule has 1 heterocycles. The van der Waals surface area contributed by atoms with Crippen LogP contribution in [0, 0.1) is 17.8 Å². The summed E-state index contributed by atoms with van der Waals surface area (Å²) in [5.74, 6) is 2.14. The summed E-state index contributed by atoms with van der Waals surface area (Å²) in [6, 6.07) is 6.16. The maximum Gasteiger partial charge on any atom is 0.257 e. The lowest BCUT2D eigenvalue weighted by molar-refractivity contribution is -0.0167. The Morgan fingerprint density at radius 1 is 1.06 bits per heavy atom. The molecule has 0 spiro atoms. The predicted molar refractivity (Wildman–Crippen MR) is 125 cm³/mol. The standard InChI is InChI=1S/C27H36N2O2/c1-3-5-6-9-29-17-23(25(30)22-13-18(4-2)7-8-24(22)29)26(31)28-27-14-19-10-20(15-27)12-21(11-19)16-27/h7-8,13,17,19-21H,3-6,9-12,14-16H2,1-2H3,(H,28,31). The molecule has 1 aromatic heterocycles. The van der Waals surface area contributed by atoms with Gasteiger partial charge in [0.15, 0.2) is 0 Å². The molecule has 4 bridgehead atoms.